The zero-order chi connectivity index (χ0) is 38.7. The summed E-state index contributed by atoms with van der Waals surface area (Å²) in [5.41, 5.74) is 11.4. The lowest BCUT2D eigenvalue weighted by atomic mass is 10.0. The minimum Gasteiger partial charge on any atom is -0.307 e. The van der Waals surface area contributed by atoms with Crippen molar-refractivity contribution in [2.45, 2.75) is 6.92 Å². The number of benzene rings is 7. The minimum atomic E-state index is 0.502. The Morgan fingerprint density at radius 2 is 0.914 bits per heavy atom. The quantitative estimate of drug-likeness (QED) is 0.163. The van der Waals surface area contributed by atoms with Crippen LogP contribution in [0, 0.1) is 0 Å². The summed E-state index contributed by atoms with van der Waals surface area (Å²) in [6, 6.07) is 59.5. The van der Waals surface area contributed by atoms with E-state index in [1.54, 1.807) is 0 Å². The van der Waals surface area contributed by atoms with Crippen LogP contribution < -0.4 is 0 Å². The van der Waals surface area contributed by atoms with E-state index >= 15 is 0 Å². The van der Waals surface area contributed by atoms with E-state index in [0.29, 0.717) is 17.7 Å². The fraction of sp³-hybridized carbons (Fsp3) is 0.0192. The van der Waals surface area contributed by atoms with Crippen molar-refractivity contribution in [1.82, 2.24) is 28.7 Å². The molecule has 0 atom stereocenters. The van der Waals surface area contributed by atoms with E-state index in [1.165, 1.54) is 5.39 Å². The molecule has 7 aromatic carbocycles. The van der Waals surface area contributed by atoms with E-state index in [0.717, 1.165) is 82.8 Å². The Balaban J connectivity index is 1.28. The maximum Gasteiger partial charge on any atom is 0.240 e. The molecule has 11 aromatic rings. The van der Waals surface area contributed by atoms with Crippen LogP contribution >= 0.6 is 0 Å². The van der Waals surface area contributed by atoms with Crippen molar-refractivity contribution in [2.75, 3.05) is 0 Å². The molecule has 4 heterocycles. The molecule has 0 spiro atoms. The molecular formula is C52H36N6. The van der Waals surface area contributed by atoms with Gasteiger partial charge in [-0.05, 0) is 54.5 Å². The highest BCUT2D eigenvalue weighted by Crippen LogP contribution is 2.42. The highest BCUT2D eigenvalue weighted by molar-refractivity contribution is 6.20. The van der Waals surface area contributed by atoms with E-state index in [9.17, 15) is 0 Å². The second kappa shape index (κ2) is 13.4. The number of hydrogen-bond acceptors (Lipinski definition) is 3. The fourth-order valence-electron chi connectivity index (χ4n) is 8.72. The van der Waals surface area contributed by atoms with E-state index in [2.05, 4.69) is 203 Å². The smallest absolute Gasteiger partial charge is 0.240 e. The van der Waals surface area contributed by atoms with Crippen molar-refractivity contribution >= 4 is 66.7 Å². The van der Waals surface area contributed by atoms with E-state index in [1.807, 2.05) is 12.1 Å². The molecule has 0 saturated carbocycles. The van der Waals surface area contributed by atoms with Crippen molar-refractivity contribution in [2.24, 2.45) is 0 Å². The lowest BCUT2D eigenvalue weighted by Gasteiger charge is -2.15. The number of allylic oxidation sites excluding steroid dienone is 1. The summed E-state index contributed by atoms with van der Waals surface area (Å²) >= 11 is 0. The van der Waals surface area contributed by atoms with Crippen molar-refractivity contribution in [3.05, 3.63) is 194 Å². The summed E-state index contributed by atoms with van der Waals surface area (Å²) in [5, 5.41) is 5.66. The van der Waals surface area contributed by atoms with Gasteiger partial charge >= 0.3 is 0 Å². The van der Waals surface area contributed by atoms with Crippen LogP contribution in [-0.2, 0) is 0 Å². The molecule has 0 aliphatic rings. The molecule has 0 bridgehead atoms. The van der Waals surface area contributed by atoms with Crippen LogP contribution in [0.15, 0.2) is 183 Å². The molecule has 0 radical (unpaired) electrons. The van der Waals surface area contributed by atoms with Crippen LogP contribution in [0.2, 0.25) is 0 Å². The molecule has 11 rings (SSSR count). The van der Waals surface area contributed by atoms with Crippen LogP contribution in [0.3, 0.4) is 0 Å². The summed E-state index contributed by atoms with van der Waals surface area (Å²) in [6.07, 6.45) is 6.17. The first-order valence-corrected chi connectivity index (χ1v) is 19.5. The fourth-order valence-corrected chi connectivity index (χ4v) is 8.72. The van der Waals surface area contributed by atoms with Gasteiger partial charge in [-0.25, -0.2) is 0 Å². The average molecular weight is 745 g/mol. The zero-order valence-corrected chi connectivity index (χ0v) is 31.8. The number of para-hydroxylation sites is 4. The molecular weight excluding hydrogens is 709 g/mol. The first-order valence-electron chi connectivity index (χ1n) is 19.5. The summed E-state index contributed by atoms with van der Waals surface area (Å²) < 4.78 is 6.73. The predicted molar refractivity (Wildman–Crippen MR) is 241 cm³/mol. The second-order valence-corrected chi connectivity index (χ2v) is 14.5. The van der Waals surface area contributed by atoms with Gasteiger partial charge < -0.3 is 4.57 Å². The minimum absolute atomic E-state index is 0.502. The van der Waals surface area contributed by atoms with Gasteiger partial charge in [-0.3, -0.25) is 9.13 Å². The molecule has 0 aliphatic heterocycles. The van der Waals surface area contributed by atoms with E-state index < -0.39 is 0 Å². The molecule has 0 N–H and O–H groups in total. The van der Waals surface area contributed by atoms with Crippen LogP contribution in [0.25, 0.3) is 107 Å². The van der Waals surface area contributed by atoms with Gasteiger partial charge in [0.2, 0.25) is 11.9 Å². The number of hydrogen-bond donors (Lipinski definition) is 0. The van der Waals surface area contributed by atoms with Crippen molar-refractivity contribution in [1.29, 1.82) is 0 Å². The largest absolute Gasteiger partial charge is 0.307 e. The normalized spacial score (nSPS) is 11.9. The van der Waals surface area contributed by atoms with Gasteiger partial charge in [0.15, 0.2) is 5.82 Å². The lowest BCUT2D eigenvalue weighted by molar-refractivity contribution is 0.877. The molecule has 0 fully saturated rings. The SMILES string of the molecule is C=Cc1c(/C=C\C)c2ccc3c4ccccc4n(-c4ccccc4)c3c2n1-c1nc(-c2ccc(-c3ccccc3)cc2)nc(-n2c3ccccc3c3ccccc32)n1. The molecule has 0 saturated heterocycles. The maximum atomic E-state index is 5.45. The molecule has 58 heavy (non-hydrogen) atoms. The molecule has 6 nitrogen and oxygen atoms in total. The first kappa shape index (κ1) is 33.5. The molecule has 6 heteroatoms. The topological polar surface area (TPSA) is 53.5 Å². The number of fused-ring (bicyclic) bond motifs is 8. The number of rotatable bonds is 7. The van der Waals surface area contributed by atoms with Crippen molar-refractivity contribution in [3.8, 4) is 40.1 Å². The summed E-state index contributed by atoms with van der Waals surface area (Å²) in [4.78, 5) is 16.1. The Hall–Kier alpha value is -7.83. The molecule has 0 aliphatic carbocycles. The third kappa shape index (κ3) is 5.09. The van der Waals surface area contributed by atoms with Crippen LogP contribution in [-0.4, -0.2) is 28.7 Å². The Bertz CT molecular complexity index is 3350. The highest BCUT2D eigenvalue weighted by Gasteiger charge is 2.25. The van der Waals surface area contributed by atoms with Crippen LogP contribution in [0.5, 0.6) is 0 Å². The van der Waals surface area contributed by atoms with Crippen molar-refractivity contribution in [3.63, 3.8) is 0 Å². The van der Waals surface area contributed by atoms with Crippen molar-refractivity contribution < 1.29 is 0 Å². The third-order valence-electron chi connectivity index (χ3n) is 11.2. The molecule has 274 valence electrons. The monoisotopic (exact) mass is 744 g/mol. The van der Waals surface area contributed by atoms with Gasteiger partial charge in [0.25, 0.3) is 0 Å². The van der Waals surface area contributed by atoms with Gasteiger partial charge in [0.05, 0.1) is 33.3 Å². The molecule has 4 aromatic heterocycles. The van der Waals surface area contributed by atoms with Crippen LogP contribution in [0.1, 0.15) is 18.2 Å². The summed E-state index contributed by atoms with van der Waals surface area (Å²) in [7, 11) is 0. The third-order valence-corrected chi connectivity index (χ3v) is 11.2. The van der Waals surface area contributed by atoms with E-state index in [-0.39, 0.29) is 0 Å². The molecule has 0 amide bonds. The lowest BCUT2D eigenvalue weighted by Crippen LogP contribution is -2.11. The molecule has 0 unspecified atom stereocenters. The van der Waals surface area contributed by atoms with Gasteiger partial charge in [-0.2, -0.15) is 15.0 Å². The Kier molecular flexibility index (Phi) is 7.76. The zero-order valence-electron chi connectivity index (χ0n) is 31.8. The standard InChI is InChI=1S/C52H36N6/c1-3-17-38-42-32-33-43-41-24-13-14-25-45(41)56(37-20-9-6-10-21-37)48(43)49(42)58(44(38)4-2)52-54-50(36-30-28-35(29-31-36)34-18-7-5-8-19-34)53-51(55-52)57-46-26-15-11-22-39(46)40-23-12-16-27-47(40)57/h3-33H,2H2,1H3/b17-3-. The van der Waals surface area contributed by atoms with Gasteiger partial charge in [-0.15, -0.1) is 0 Å². The Morgan fingerprint density at radius 1 is 0.431 bits per heavy atom. The number of nitrogens with zero attached hydrogens (tertiary/aromatic N) is 6. The van der Waals surface area contributed by atoms with Gasteiger partial charge in [-0.1, -0.05) is 158 Å². The van der Waals surface area contributed by atoms with Gasteiger partial charge in [0, 0.05) is 43.7 Å². The first-order chi connectivity index (χ1) is 28.7. The number of aromatic nitrogens is 6. The maximum absolute atomic E-state index is 5.45. The Labute approximate surface area is 334 Å². The average Bonchev–Trinajstić information content (AvgIpc) is 3.93. The predicted octanol–water partition coefficient (Wildman–Crippen LogP) is 13.0. The van der Waals surface area contributed by atoms with Crippen LogP contribution in [0.4, 0.5) is 0 Å². The van der Waals surface area contributed by atoms with Gasteiger partial charge in [0.1, 0.15) is 0 Å². The van der Waals surface area contributed by atoms with E-state index in [4.69, 9.17) is 15.0 Å². The summed E-state index contributed by atoms with van der Waals surface area (Å²) in [5.74, 6) is 1.61. The summed E-state index contributed by atoms with van der Waals surface area (Å²) in [6.45, 7) is 6.45. The second-order valence-electron chi connectivity index (χ2n) is 14.5. The highest BCUT2D eigenvalue weighted by atomic mass is 15.3. The Morgan fingerprint density at radius 3 is 1.53 bits per heavy atom.